The molecule has 0 fully saturated rings. The van der Waals surface area contributed by atoms with Crippen LogP contribution in [0.1, 0.15) is 5.56 Å². The van der Waals surface area contributed by atoms with Crippen molar-refractivity contribution in [3.8, 4) is 0 Å². The van der Waals surface area contributed by atoms with Gasteiger partial charge >= 0.3 is 29.6 Å². The predicted molar refractivity (Wildman–Crippen MR) is 50.0 cm³/mol. The molecule has 0 unspecified atom stereocenters. The first-order valence-electron chi connectivity index (χ1n) is 3.30. The van der Waals surface area contributed by atoms with Crippen LogP contribution in [-0.2, 0) is 12.6 Å². The molecule has 0 saturated heterocycles. The Balaban J connectivity index is 0.000000720. The third-order valence-corrected chi connectivity index (χ3v) is 2.68. The second-order valence-electron chi connectivity index (χ2n) is 2.45. The molecule has 0 atom stereocenters. The van der Waals surface area contributed by atoms with E-state index < -0.39 is 0 Å². The summed E-state index contributed by atoms with van der Waals surface area (Å²) in [7, 11) is 0. The Morgan fingerprint density at radius 3 is 2.92 bits per heavy atom. The second-order valence-corrected chi connectivity index (χ2v) is 4.13. The monoisotopic (exact) mass is 203 g/mol. The van der Waals surface area contributed by atoms with Crippen molar-refractivity contribution >= 4 is 34.2 Å². The minimum atomic E-state index is 0. The first-order chi connectivity index (χ1) is 5.25. The van der Waals surface area contributed by atoms with Gasteiger partial charge in [0.05, 0.1) is 5.52 Å². The van der Waals surface area contributed by atoms with Crippen LogP contribution in [0.2, 0.25) is 0 Å². The maximum atomic E-state index is 4.96. The topological polar surface area (TPSA) is 12.9 Å². The molecule has 0 amide bonds. The zero-order valence-electron chi connectivity index (χ0n) is 7.00. The van der Waals surface area contributed by atoms with Gasteiger partial charge < -0.3 is 24.0 Å². The van der Waals surface area contributed by atoms with E-state index in [1.165, 1.54) is 10.3 Å². The van der Waals surface area contributed by atoms with Gasteiger partial charge in [0.2, 0.25) is 0 Å². The Labute approximate surface area is 103 Å². The molecule has 0 N–H and O–H groups in total. The van der Waals surface area contributed by atoms with E-state index in [-0.39, 0.29) is 29.6 Å². The summed E-state index contributed by atoms with van der Waals surface area (Å²) in [6.45, 7) is 2.07. The number of nitrogens with zero attached hydrogens (tertiary/aromatic N) is 1. The number of aromatic nitrogens is 1. The summed E-state index contributed by atoms with van der Waals surface area (Å²) >= 11 is 6.53. The van der Waals surface area contributed by atoms with Gasteiger partial charge in [-0.25, -0.2) is 0 Å². The summed E-state index contributed by atoms with van der Waals surface area (Å²) in [6, 6.07) is 6.18. The van der Waals surface area contributed by atoms with Crippen LogP contribution in [0, 0.1) is 6.92 Å². The Kier molecular flexibility index (Phi) is 3.49. The number of hydrogen-bond donors (Lipinski definition) is 0. The Morgan fingerprint density at radius 2 is 2.17 bits per heavy atom. The fourth-order valence-electron chi connectivity index (χ4n) is 1.01. The molecule has 4 heteroatoms. The quantitative estimate of drug-likeness (QED) is 0.423. The molecule has 56 valence electrons. The largest absolute Gasteiger partial charge is 1.00 e. The SMILES string of the molecule is Cc1ccc2nc([S-])sc2c1.[Na+]. The van der Waals surface area contributed by atoms with Gasteiger partial charge in [0.25, 0.3) is 0 Å². The first-order valence-corrected chi connectivity index (χ1v) is 4.52. The Morgan fingerprint density at radius 1 is 1.42 bits per heavy atom. The molecule has 1 heterocycles. The summed E-state index contributed by atoms with van der Waals surface area (Å²) < 4.78 is 1.92. The van der Waals surface area contributed by atoms with Gasteiger partial charge in [-0.1, -0.05) is 17.7 Å². The van der Waals surface area contributed by atoms with E-state index in [9.17, 15) is 0 Å². The normalized spacial score (nSPS) is 9.75. The molecule has 0 aliphatic heterocycles. The van der Waals surface area contributed by atoms with Crippen LogP contribution >= 0.6 is 11.3 Å². The second kappa shape index (κ2) is 4.03. The zero-order chi connectivity index (χ0) is 7.84. The third-order valence-electron chi connectivity index (χ3n) is 1.52. The Bertz CT molecular complexity index is 397. The maximum absolute atomic E-state index is 4.96. The van der Waals surface area contributed by atoms with E-state index >= 15 is 0 Å². The molecular formula is C8H6NNaS2. The van der Waals surface area contributed by atoms with Gasteiger partial charge in [-0.15, -0.1) is 0 Å². The van der Waals surface area contributed by atoms with Crippen LogP contribution in [0.4, 0.5) is 0 Å². The molecule has 2 rings (SSSR count). The van der Waals surface area contributed by atoms with Gasteiger partial charge in [0.1, 0.15) is 0 Å². The number of fused-ring (bicyclic) bond motifs is 1. The molecule has 0 aliphatic carbocycles. The van der Waals surface area contributed by atoms with E-state index in [4.69, 9.17) is 12.6 Å². The molecule has 1 aromatic heterocycles. The van der Waals surface area contributed by atoms with E-state index in [1.54, 1.807) is 11.3 Å². The fourth-order valence-corrected chi connectivity index (χ4v) is 2.17. The minimum Gasteiger partial charge on any atom is -0.408 e. The summed E-state index contributed by atoms with van der Waals surface area (Å²) in [4.78, 5) is 4.19. The van der Waals surface area contributed by atoms with Crippen LogP contribution in [0.3, 0.4) is 0 Å². The molecule has 2 aromatic rings. The van der Waals surface area contributed by atoms with Crippen molar-refractivity contribution in [2.45, 2.75) is 11.3 Å². The molecular weight excluding hydrogens is 197 g/mol. The molecule has 12 heavy (non-hydrogen) atoms. The van der Waals surface area contributed by atoms with E-state index in [0.717, 1.165) is 9.86 Å². The smallest absolute Gasteiger partial charge is 0.408 e. The van der Waals surface area contributed by atoms with Gasteiger partial charge in [-0.3, -0.25) is 4.98 Å². The molecule has 0 spiro atoms. The summed E-state index contributed by atoms with van der Waals surface area (Å²) in [5.74, 6) is 0. The van der Waals surface area contributed by atoms with Crippen LogP contribution in [-0.4, -0.2) is 4.98 Å². The van der Waals surface area contributed by atoms with Crippen LogP contribution in [0.25, 0.3) is 10.2 Å². The van der Waals surface area contributed by atoms with Gasteiger partial charge in [0, 0.05) is 0 Å². The maximum Gasteiger partial charge on any atom is 1.00 e. The molecule has 1 aromatic carbocycles. The molecule has 0 radical (unpaired) electrons. The van der Waals surface area contributed by atoms with Crippen molar-refractivity contribution in [3.05, 3.63) is 23.8 Å². The molecule has 0 aliphatic rings. The number of rotatable bonds is 0. The van der Waals surface area contributed by atoms with Crippen molar-refractivity contribution in [1.29, 1.82) is 0 Å². The average Bonchev–Trinajstić information content (AvgIpc) is 2.27. The fraction of sp³-hybridized carbons (Fsp3) is 0.125. The van der Waals surface area contributed by atoms with E-state index in [0.29, 0.717) is 0 Å². The van der Waals surface area contributed by atoms with Gasteiger partial charge in [0.15, 0.2) is 0 Å². The number of benzene rings is 1. The Hall–Kier alpha value is 0.330. The number of aryl methyl sites for hydroxylation is 1. The summed E-state index contributed by atoms with van der Waals surface area (Å²) in [5.41, 5.74) is 2.28. The molecule has 0 bridgehead atoms. The van der Waals surface area contributed by atoms with Crippen LogP contribution in [0.5, 0.6) is 0 Å². The number of hydrogen-bond acceptors (Lipinski definition) is 3. The molecule has 1 nitrogen and oxygen atoms in total. The van der Waals surface area contributed by atoms with E-state index in [2.05, 4.69) is 24.0 Å². The minimum absolute atomic E-state index is 0. The standard InChI is InChI=1S/C8H7NS2.Na/c1-5-2-3-6-7(4-5)11-8(10)9-6;/h2-4H,1H3,(H,9,10);/q;+1/p-1. The van der Waals surface area contributed by atoms with Crippen molar-refractivity contribution < 1.29 is 29.6 Å². The van der Waals surface area contributed by atoms with Crippen molar-refractivity contribution in [3.63, 3.8) is 0 Å². The summed E-state index contributed by atoms with van der Waals surface area (Å²) in [6.07, 6.45) is 0. The van der Waals surface area contributed by atoms with Crippen LogP contribution < -0.4 is 29.6 Å². The van der Waals surface area contributed by atoms with Crippen molar-refractivity contribution in [1.82, 2.24) is 4.98 Å². The summed E-state index contributed by atoms with van der Waals surface area (Å²) in [5, 5.41) is 0. The molecule has 0 saturated carbocycles. The van der Waals surface area contributed by atoms with E-state index in [1.807, 2.05) is 6.07 Å². The predicted octanol–water partition coefficient (Wildman–Crippen LogP) is -0.485. The number of thiazole rings is 1. The van der Waals surface area contributed by atoms with Crippen LogP contribution in [0.15, 0.2) is 22.5 Å². The third kappa shape index (κ3) is 1.98. The zero-order valence-corrected chi connectivity index (χ0v) is 10.6. The average molecular weight is 203 g/mol. The van der Waals surface area contributed by atoms with Crippen molar-refractivity contribution in [2.75, 3.05) is 0 Å². The van der Waals surface area contributed by atoms with Gasteiger partial charge in [-0.2, -0.15) is 0 Å². The van der Waals surface area contributed by atoms with Crippen molar-refractivity contribution in [2.24, 2.45) is 0 Å². The first kappa shape index (κ1) is 10.4. The van der Waals surface area contributed by atoms with Gasteiger partial charge in [-0.05, 0) is 22.0 Å².